The summed E-state index contributed by atoms with van der Waals surface area (Å²) in [4.78, 5) is 17.6. The van der Waals surface area contributed by atoms with Gasteiger partial charge in [0.25, 0.3) is 0 Å². The molecule has 1 fully saturated rings. The minimum atomic E-state index is -1.57. The van der Waals surface area contributed by atoms with E-state index in [1.165, 1.54) is 29.6 Å². The Morgan fingerprint density at radius 1 is 1.29 bits per heavy atom. The number of halogens is 2. The maximum atomic E-state index is 14.6. The molecule has 198 valence electrons. The van der Waals surface area contributed by atoms with Crippen molar-refractivity contribution in [1.29, 1.82) is 0 Å². The van der Waals surface area contributed by atoms with Gasteiger partial charge in [0.2, 0.25) is 5.91 Å². The highest BCUT2D eigenvalue weighted by Gasteiger charge is 2.28. The first kappa shape index (κ1) is 25.5. The quantitative estimate of drug-likeness (QED) is 0.371. The number of ether oxygens (including phenoxy) is 1. The zero-order valence-electron chi connectivity index (χ0n) is 21.0. The molecule has 12 heteroatoms. The Labute approximate surface area is 217 Å². The average molecular weight is 524 g/mol. The Morgan fingerprint density at radius 3 is 2.74 bits per heavy atom. The summed E-state index contributed by atoms with van der Waals surface area (Å²) in [5.74, 6) is -1.06. The molecule has 0 aliphatic carbocycles. The van der Waals surface area contributed by atoms with Crippen molar-refractivity contribution in [3.63, 3.8) is 0 Å². The summed E-state index contributed by atoms with van der Waals surface area (Å²) in [6.07, 6.45) is 6.50. The molecule has 1 atom stereocenters. The van der Waals surface area contributed by atoms with Crippen molar-refractivity contribution in [2.24, 2.45) is 0 Å². The van der Waals surface area contributed by atoms with Gasteiger partial charge in [-0.1, -0.05) is 11.8 Å². The Morgan fingerprint density at radius 2 is 2.05 bits per heavy atom. The van der Waals surface area contributed by atoms with Gasteiger partial charge in [-0.05, 0) is 51.0 Å². The molecule has 0 bridgehead atoms. The maximum Gasteiger partial charge on any atom is 0.245 e. The van der Waals surface area contributed by atoms with E-state index in [0.717, 1.165) is 30.9 Å². The van der Waals surface area contributed by atoms with E-state index < -0.39 is 17.2 Å². The minimum Gasteiger partial charge on any atom is -0.488 e. The molecule has 4 aromatic rings. The van der Waals surface area contributed by atoms with Crippen LogP contribution in [-0.2, 0) is 10.4 Å². The fourth-order valence-corrected chi connectivity index (χ4v) is 4.69. The largest absolute Gasteiger partial charge is 0.488 e. The third-order valence-electron chi connectivity index (χ3n) is 6.82. The summed E-state index contributed by atoms with van der Waals surface area (Å²) in [7, 11) is 0. The van der Waals surface area contributed by atoms with Crippen LogP contribution >= 0.6 is 0 Å². The highest BCUT2D eigenvalue weighted by molar-refractivity contribution is 5.87. The lowest BCUT2D eigenvalue weighted by Gasteiger charge is -2.31. The molecule has 1 aliphatic rings. The predicted octanol–water partition coefficient (Wildman–Crippen LogP) is 3.21. The Bertz CT molecular complexity index is 1490. The first-order valence-corrected chi connectivity index (χ1v) is 12.2. The molecule has 1 amide bonds. The topological polar surface area (TPSA) is 111 Å². The van der Waals surface area contributed by atoms with E-state index in [2.05, 4.69) is 27.0 Å². The fraction of sp³-hybridized carbons (Fsp3) is 0.346. The summed E-state index contributed by atoms with van der Waals surface area (Å²) >= 11 is 0. The second-order valence-corrected chi connectivity index (χ2v) is 9.53. The predicted molar refractivity (Wildman–Crippen MR) is 133 cm³/mol. The number of rotatable bonds is 7. The molecule has 1 aliphatic heterocycles. The van der Waals surface area contributed by atoms with E-state index in [1.54, 1.807) is 17.2 Å². The number of piperidine rings is 1. The van der Waals surface area contributed by atoms with Gasteiger partial charge >= 0.3 is 0 Å². The number of nitrogens with zero attached hydrogens (tertiary/aromatic N) is 7. The van der Waals surface area contributed by atoms with Gasteiger partial charge in [-0.3, -0.25) is 9.78 Å². The van der Waals surface area contributed by atoms with E-state index in [-0.39, 0.29) is 35.5 Å². The van der Waals surface area contributed by atoms with Crippen LogP contribution < -0.4 is 4.74 Å². The summed E-state index contributed by atoms with van der Waals surface area (Å²) < 4.78 is 37.0. The molecule has 0 saturated carbocycles. The number of pyridine rings is 2. The van der Waals surface area contributed by atoms with E-state index >= 15 is 0 Å². The van der Waals surface area contributed by atoms with Crippen molar-refractivity contribution >= 4 is 11.4 Å². The normalized spacial score (nSPS) is 16.0. The third kappa shape index (κ3) is 4.74. The highest BCUT2D eigenvalue weighted by atomic mass is 19.1. The van der Waals surface area contributed by atoms with E-state index in [4.69, 9.17) is 4.74 Å². The number of carbonyl (C=O) groups is 1. The molecule has 1 N–H and O–H groups in total. The van der Waals surface area contributed by atoms with Crippen LogP contribution in [0.25, 0.3) is 16.8 Å². The molecule has 4 aromatic heterocycles. The molecule has 5 heterocycles. The number of hydrogen-bond donors (Lipinski definition) is 1. The van der Waals surface area contributed by atoms with E-state index in [1.807, 2.05) is 11.6 Å². The van der Waals surface area contributed by atoms with Gasteiger partial charge in [-0.25, -0.2) is 18.0 Å². The lowest BCUT2D eigenvalue weighted by Crippen LogP contribution is -2.38. The van der Waals surface area contributed by atoms with Crippen LogP contribution in [0.3, 0.4) is 0 Å². The zero-order chi connectivity index (χ0) is 27.0. The number of fused-ring (bicyclic) bond motifs is 1. The molecule has 1 unspecified atom stereocenters. The molecule has 1 saturated heterocycles. The third-order valence-corrected chi connectivity index (χ3v) is 6.82. The van der Waals surface area contributed by atoms with E-state index in [9.17, 15) is 18.7 Å². The monoisotopic (exact) mass is 523 g/mol. The van der Waals surface area contributed by atoms with Crippen LogP contribution in [0.5, 0.6) is 5.75 Å². The molecule has 0 aromatic carbocycles. The van der Waals surface area contributed by atoms with Crippen molar-refractivity contribution in [3.05, 3.63) is 72.5 Å². The summed E-state index contributed by atoms with van der Waals surface area (Å²) in [6, 6.07) is 4.26. The average Bonchev–Trinajstić information content (AvgIpc) is 3.49. The summed E-state index contributed by atoms with van der Waals surface area (Å²) in [6.45, 7) is 7.85. The van der Waals surface area contributed by atoms with Crippen molar-refractivity contribution < 1.29 is 23.4 Å². The molecule has 10 nitrogen and oxygen atoms in total. The Kier molecular flexibility index (Phi) is 6.66. The highest BCUT2D eigenvalue weighted by Crippen LogP contribution is 2.33. The van der Waals surface area contributed by atoms with Crippen LogP contribution in [-0.4, -0.2) is 65.2 Å². The van der Waals surface area contributed by atoms with Gasteiger partial charge in [0, 0.05) is 24.8 Å². The van der Waals surface area contributed by atoms with Gasteiger partial charge in [0.15, 0.2) is 5.82 Å². The Hall–Kier alpha value is -4.19. The molecular formula is C26H27F2N7O3. The van der Waals surface area contributed by atoms with Crippen molar-refractivity contribution in [3.8, 4) is 17.0 Å². The molecule has 38 heavy (non-hydrogen) atoms. The fourth-order valence-electron chi connectivity index (χ4n) is 4.69. The number of hydrogen-bond acceptors (Lipinski definition) is 7. The van der Waals surface area contributed by atoms with Crippen molar-refractivity contribution in [1.82, 2.24) is 34.5 Å². The summed E-state index contributed by atoms with van der Waals surface area (Å²) in [5.41, 5.74) is 0.708. The van der Waals surface area contributed by atoms with Gasteiger partial charge in [-0.2, -0.15) is 5.10 Å². The van der Waals surface area contributed by atoms with Gasteiger partial charge in [0.05, 0.1) is 29.8 Å². The van der Waals surface area contributed by atoms with Crippen LogP contribution in [0.2, 0.25) is 0 Å². The number of aliphatic hydroxyl groups is 1. The lowest BCUT2D eigenvalue weighted by atomic mass is 10.0. The molecule has 0 radical (unpaired) electrons. The SMILES string of the molecule is C=CC(=O)N1CCC(n2nnc(-c3cc(OCC(C)(O)c4ccc(F)cn4)c4c(F)cnn4c3)c2C)CC1. The molecule has 0 spiro atoms. The molecular weight excluding hydrogens is 496 g/mol. The number of aromatic nitrogens is 6. The maximum absolute atomic E-state index is 14.6. The first-order valence-electron chi connectivity index (χ1n) is 12.2. The zero-order valence-corrected chi connectivity index (χ0v) is 21.0. The summed E-state index contributed by atoms with van der Waals surface area (Å²) in [5, 5.41) is 23.7. The smallest absolute Gasteiger partial charge is 0.245 e. The number of carbonyl (C=O) groups excluding carboxylic acids is 1. The van der Waals surface area contributed by atoms with Crippen LogP contribution in [0.1, 0.15) is 37.2 Å². The van der Waals surface area contributed by atoms with Crippen LogP contribution in [0, 0.1) is 18.6 Å². The minimum absolute atomic E-state index is 0.0741. The first-order chi connectivity index (χ1) is 18.2. The standard InChI is InChI=1S/C26H27F2N7O3/c1-4-23(36)33-9-7-19(8-10-33)35-16(2)24(31-32-35)17-11-21(25-20(28)13-30-34(25)14-17)38-15-26(3,37)22-6-5-18(27)12-29-22/h4-6,11-14,19,37H,1,7-10,15H2,2-3H3. The second-order valence-electron chi connectivity index (χ2n) is 9.53. The number of amides is 1. The van der Waals surface area contributed by atoms with Gasteiger partial charge in [0.1, 0.15) is 35.0 Å². The van der Waals surface area contributed by atoms with E-state index in [0.29, 0.717) is 24.3 Å². The van der Waals surface area contributed by atoms with Crippen LogP contribution in [0.4, 0.5) is 8.78 Å². The molecule has 5 rings (SSSR count). The lowest BCUT2D eigenvalue weighted by molar-refractivity contribution is -0.127. The van der Waals surface area contributed by atoms with Crippen molar-refractivity contribution in [2.75, 3.05) is 19.7 Å². The second kappa shape index (κ2) is 9.93. The van der Waals surface area contributed by atoms with Gasteiger partial charge < -0.3 is 14.7 Å². The Balaban J connectivity index is 1.42. The van der Waals surface area contributed by atoms with Crippen molar-refractivity contribution in [2.45, 2.75) is 38.3 Å². The van der Waals surface area contributed by atoms with Gasteiger partial charge in [-0.15, -0.1) is 5.10 Å². The van der Waals surface area contributed by atoms with Crippen LogP contribution in [0.15, 0.2) is 49.4 Å². The number of likely N-dealkylation sites (tertiary alicyclic amines) is 1.